The fourth-order valence-corrected chi connectivity index (χ4v) is 2.41. The summed E-state index contributed by atoms with van der Waals surface area (Å²) in [4.78, 5) is 15.7. The zero-order valence-corrected chi connectivity index (χ0v) is 11.2. The van der Waals surface area contributed by atoms with Gasteiger partial charge in [0.05, 0.1) is 11.3 Å². The van der Waals surface area contributed by atoms with Crippen molar-refractivity contribution in [3.05, 3.63) is 44.9 Å². The summed E-state index contributed by atoms with van der Waals surface area (Å²) in [6.07, 6.45) is 1.70. The summed E-state index contributed by atoms with van der Waals surface area (Å²) >= 11 is 7.35. The number of rotatable bonds is 4. The van der Waals surface area contributed by atoms with Crippen molar-refractivity contribution < 1.29 is 9.90 Å². The van der Waals surface area contributed by atoms with Crippen LogP contribution < -0.4 is 5.32 Å². The van der Waals surface area contributed by atoms with Gasteiger partial charge in [-0.3, -0.25) is 0 Å². The number of carboxylic acids is 1. The number of hydrogen-bond donors (Lipinski definition) is 2. The van der Waals surface area contributed by atoms with Crippen LogP contribution in [-0.4, -0.2) is 16.1 Å². The summed E-state index contributed by atoms with van der Waals surface area (Å²) in [6.45, 7) is 2.46. The van der Waals surface area contributed by atoms with Crippen LogP contribution in [0.5, 0.6) is 0 Å². The summed E-state index contributed by atoms with van der Waals surface area (Å²) < 4.78 is 0. The summed E-state index contributed by atoms with van der Waals surface area (Å²) in [7, 11) is 0. The summed E-state index contributed by atoms with van der Waals surface area (Å²) in [5, 5.41) is 14.0. The lowest BCUT2D eigenvalue weighted by Gasteiger charge is -2.07. The van der Waals surface area contributed by atoms with E-state index in [0.29, 0.717) is 17.3 Å². The first-order valence-electron chi connectivity index (χ1n) is 5.23. The van der Waals surface area contributed by atoms with Gasteiger partial charge in [-0.25, -0.2) is 9.78 Å². The first-order valence-corrected chi connectivity index (χ1v) is 6.49. The molecule has 4 nitrogen and oxygen atoms in total. The van der Waals surface area contributed by atoms with Gasteiger partial charge in [0.1, 0.15) is 0 Å². The molecule has 2 aromatic rings. The Morgan fingerprint density at radius 2 is 2.33 bits per heavy atom. The molecule has 0 saturated heterocycles. The second-order valence-electron chi connectivity index (χ2n) is 3.81. The molecule has 0 atom stereocenters. The van der Waals surface area contributed by atoms with Crippen LogP contribution in [0.15, 0.2) is 23.7 Å². The number of aromatic nitrogens is 1. The van der Waals surface area contributed by atoms with Crippen LogP contribution in [0, 0.1) is 6.92 Å². The fraction of sp³-hybridized carbons (Fsp3) is 0.167. The lowest BCUT2D eigenvalue weighted by atomic mass is 10.3. The van der Waals surface area contributed by atoms with Gasteiger partial charge in [0, 0.05) is 23.0 Å². The molecule has 0 aromatic carbocycles. The summed E-state index contributed by atoms with van der Waals surface area (Å²) in [6, 6.07) is 3.55. The van der Waals surface area contributed by atoms with E-state index in [1.807, 2.05) is 13.0 Å². The molecule has 0 bridgehead atoms. The van der Waals surface area contributed by atoms with Crippen molar-refractivity contribution in [2.75, 3.05) is 5.32 Å². The minimum atomic E-state index is -0.909. The van der Waals surface area contributed by atoms with Gasteiger partial charge in [0.2, 0.25) is 0 Å². The lowest BCUT2D eigenvalue weighted by molar-refractivity contribution is 0.0697. The van der Waals surface area contributed by atoms with E-state index >= 15 is 0 Å². The quantitative estimate of drug-likeness (QED) is 0.844. The van der Waals surface area contributed by atoms with Crippen molar-refractivity contribution in [2.24, 2.45) is 0 Å². The average molecular weight is 283 g/mol. The first-order chi connectivity index (χ1) is 8.56. The highest BCUT2D eigenvalue weighted by Crippen LogP contribution is 2.22. The van der Waals surface area contributed by atoms with Gasteiger partial charge in [-0.05, 0) is 24.6 Å². The maximum Gasteiger partial charge on any atom is 0.336 e. The number of halogens is 1. The smallest absolute Gasteiger partial charge is 0.336 e. The van der Waals surface area contributed by atoms with Crippen LogP contribution in [0.2, 0.25) is 5.15 Å². The number of hydrogen-bond acceptors (Lipinski definition) is 4. The Labute approximate surface area is 113 Å². The van der Waals surface area contributed by atoms with Gasteiger partial charge in [0.15, 0.2) is 5.15 Å². The molecule has 0 fully saturated rings. The van der Waals surface area contributed by atoms with E-state index in [9.17, 15) is 4.79 Å². The monoisotopic (exact) mass is 282 g/mol. The Bertz CT molecular complexity index is 583. The molecule has 0 spiro atoms. The maximum atomic E-state index is 10.7. The standard InChI is InChI=1S/C12H11ClN2O2S/c1-7-2-10(11(13)15-4-7)14-5-9-3-8(6-18-9)12(16)17/h2-4,6,14H,5H2,1H3,(H,16,17). The maximum absolute atomic E-state index is 10.7. The highest BCUT2D eigenvalue weighted by molar-refractivity contribution is 7.10. The van der Waals surface area contributed by atoms with Crippen molar-refractivity contribution in [1.29, 1.82) is 0 Å². The third-order valence-electron chi connectivity index (χ3n) is 2.33. The van der Waals surface area contributed by atoms with Crippen LogP contribution in [0.1, 0.15) is 20.8 Å². The van der Waals surface area contributed by atoms with Crippen LogP contribution >= 0.6 is 22.9 Å². The van der Waals surface area contributed by atoms with Gasteiger partial charge in [-0.1, -0.05) is 11.6 Å². The molecular weight excluding hydrogens is 272 g/mol. The summed E-state index contributed by atoms with van der Waals surface area (Å²) in [5.74, 6) is -0.909. The van der Waals surface area contributed by atoms with Gasteiger partial charge in [-0.2, -0.15) is 0 Å². The zero-order valence-electron chi connectivity index (χ0n) is 9.61. The Morgan fingerprint density at radius 1 is 1.56 bits per heavy atom. The van der Waals surface area contributed by atoms with Crippen LogP contribution in [0.25, 0.3) is 0 Å². The number of aromatic carboxylic acids is 1. The van der Waals surface area contributed by atoms with E-state index < -0.39 is 5.97 Å². The summed E-state index contributed by atoms with van der Waals surface area (Å²) in [5.41, 5.74) is 2.08. The average Bonchev–Trinajstić information content (AvgIpc) is 2.79. The number of thiophene rings is 1. The van der Waals surface area contributed by atoms with Crippen LogP contribution in [0.4, 0.5) is 5.69 Å². The van der Waals surface area contributed by atoms with Crippen molar-refractivity contribution in [3.63, 3.8) is 0 Å². The number of nitrogens with zero attached hydrogens (tertiary/aromatic N) is 1. The molecule has 0 radical (unpaired) electrons. The Hall–Kier alpha value is -1.59. The number of anilines is 1. The van der Waals surface area contributed by atoms with Gasteiger partial charge >= 0.3 is 5.97 Å². The Kier molecular flexibility index (Phi) is 3.84. The van der Waals surface area contributed by atoms with Crippen molar-refractivity contribution >= 4 is 34.6 Å². The number of pyridine rings is 1. The molecular formula is C12H11ClN2O2S. The van der Waals surface area contributed by atoms with Gasteiger partial charge in [0.25, 0.3) is 0 Å². The molecule has 0 unspecified atom stereocenters. The topological polar surface area (TPSA) is 62.2 Å². The van der Waals surface area contributed by atoms with Gasteiger partial charge in [-0.15, -0.1) is 11.3 Å². The predicted octanol–water partition coefficient (Wildman–Crippen LogP) is 3.42. The molecule has 2 N–H and O–H groups in total. The molecule has 0 saturated carbocycles. The van der Waals surface area contributed by atoms with E-state index in [4.69, 9.17) is 16.7 Å². The minimum Gasteiger partial charge on any atom is -0.478 e. The van der Waals surface area contributed by atoms with E-state index in [1.165, 1.54) is 11.3 Å². The molecule has 2 rings (SSSR count). The van der Waals surface area contributed by atoms with Crippen LogP contribution in [-0.2, 0) is 6.54 Å². The third-order valence-corrected chi connectivity index (χ3v) is 3.57. The van der Waals surface area contributed by atoms with E-state index in [2.05, 4.69) is 10.3 Å². The Morgan fingerprint density at radius 3 is 3.00 bits per heavy atom. The lowest BCUT2D eigenvalue weighted by Crippen LogP contribution is -2.00. The van der Waals surface area contributed by atoms with E-state index in [1.54, 1.807) is 17.6 Å². The minimum absolute atomic E-state index is 0.310. The zero-order chi connectivity index (χ0) is 13.1. The van der Waals surface area contributed by atoms with E-state index in [-0.39, 0.29) is 0 Å². The molecule has 0 amide bonds. The number of aryl methyl sites for hydroxylation is 1. The number of carboxylic acid groups (broad SMARTS) is 1. The van der Waals surface area contributed by atoms with Crippen molar-refractivity contribution in [3.8, 4) is 0 Å². The predicted molar refractivity (Wildman–Crippen MR) is 72.6 cm³/mol. The second kappa shape index (κ2) is 5.37. The molecule has 0 aliphatic heterocycles. The molecule has 2 aromatic heterocycles. The second-order valence-corrected chi connectivity index (χ2v) is 5.17. The Balaban J connectivity index is 2.06. The van der Waals surface area contributed by atoms with Crippen molar-refractivity contribution in [2.45, 2.75) is 13.5 Å². The third kappa shape index (κ3) is 3.00. The van der Waals surface area contributed by atoms with Crippen LogP contribution in [0.3, 0.4) is 0 Å². The molecule has 0 aliphatic rings. The normalized spacial score (nSPS) is 10.3. The molecule has 6 heteroatoms. The highest BCUT2D eigenvalue weighted by atomic mass is 35.5. The molecule has 2 heterocycles. The molecule has 94 valence electrons. The first kappa shape index (κ1) is 12.9. The van der Waals surface area contributed by atoms with Gasteiger partial charge < -0.3 is 10.4 Å². The fourth-order valence-electron chi connectivity index (χ4n) is 1.44. The van der Waals surface area contributed by atoms with E-state index in [0.717, 1.165) is 16.1 Å². The highest BCUT2D eigenvalue weighted by Gasteiger charge is 2.07. The van der Waals surface area contributed by atoms with Crippen molar-refractivity contribution in [1.82, 2.24) is 4.98 Å². The molecule has 18 heavy (non-hydrogen) atoms. The number of carbonyl (C=O) groups is 1. The largest absolute Gasteiger partial charge is 0.478 e. The SMILES string of the molecule is Cc1cnc(Cl)c(NCc2cc(C(=O)O)cs2)c1. The number of nitrogens with one attached hydrogen (secondary N) is 1. The molecule has 0 aliphatic carbocycles.